The molecule has 1 unspecified atom stereocenters. The standard InChI is InChI=1S/C10H15F3N2S/c11-10(12,13)4-2-5-15-7-8(14)9-3-1-6-16-9/h1,3,6,8,15H,2,4-5,7,14H2. The van der Waals surface area contributed by atoms with Gasteiger partial charge in [0, 0.05) is 17.8 Å². The summed E-state index contributed by atoms with van der Waals surface area (Å²) in [5.41, 5.74) is 5.83. The van der Waals surface area contributed by atoms with E-state index in [0.29, 0.717) is 13.1 Å². The molecule has 2 nitrogen and oxygen atoms in total. The topological polar surface area (TPSA) is 38.0 Å². The van der Waals surface area contributed by atoms with Crippen LogP contribution in [0, 0.1) is 0 Å². The van der Waals surface area contributed by atoms with Gasteiger partial charge >= 0.3 is 6.18 Å². The van der Waals surface area contributed by atoms with Crippen molar-refractivity contribution >= 4 is 11.3 Å². The number of halogens is 3. The van der Waals surface area contributed by atoms with Crippen LogP contribution in [0.15, 0.2) is 17.5 Å². The molecule has 16 heavy (non-hydrogen) atoms. The van der Waals surface area contributed by atoms with E-state index in [1.54, 1.807) is 11.3 Å². The van der Waals surface area contributed by atoms with Gasteiger partial charge in [-0.1, -0.05) is 6.07 Å². The number of thiophene rings is 1. The lowest BCUT2D eigenvalue weighted by molar-refractivity contribution is -0.135. The predicted octanol–water partition coefficient (Wildman–Crippen LogP) is 2.68. The summed E-state index contributed by atoms with van der Waals surface area (Å²) in [4.78, 5) is 1.04. The maximum Gasteiger partial charge on any atom is 0.389 e. The Morgan fingerprint density at radius 2 is 2.19 bits per heavy atom. The summed E-state index contributed by atoms with van der Waals surface area (Å²) in [6.45, 7) is 0.858. The zero-order valence-corrected chi connectivity index (χ0v) is 9.57. The monoisotopic (exact) mass is 252 g/mol. The molecule has 0 aromatic carbocycles. The number of nitrogens with two attached hydrogens (primary N) is 1. The lowest BCUT2D eigenvalue weighted by Crippen LogP contribution is -2.27. The molecule has 0 aliphatic carbocycles. The van der Waals surface area contributed by atoms with E-state index >= 15 is 0 Å². The molecule has 0 fully saturated rings. The van der Waals surface area contributed by atoms with Crippen molar-refractivity contribution in [3.05, 3.63) is 22.4 Å². The summed E-state index contributed by atoms with van der Waals surface area (Å²) in [7, 11) is 0. The van der Waals surface area contributed by atoms with Gasteiger partial charge in [0.2, 0.25) is 0 Å². The van der Waals surface area contributed by atoms with Crippen molar-refractivity contribution in [2.75, 3.05) is 13.1 Å². The summed E-state index contributed by atoms with van der Waals surface area (Å²) in [5.74, 6) is 0. The first-order chi connectivity index (χ1) is 7.49. The Morgan fingerprint density at radius 1 is 1.44 bits per heavy atom. The largest absolute Gasteiger partial charge is 0.389 e. The summed E-state index contributed by atoms with van der Waals surface area (Å²) in [6, 6.07) is 3.70. The predicted molar refractivity (Wildman–Crippen MR) is 59.4 cm³/mol. The van der Waals surface area contributed by atoms with Crippen LogP contribution in [0.2, 0.25) is 0 Å². The van der Waals surface area contributed by atoms with Crippen molar-refractivity contribution in [1.82, 2.24) is 5.32 Å². The molecular formula is C10H15F3N2S. The van der Waals surface area contributed by atoms with Gasteiger partial charge in [-0.3, -0.25) is 0 Å². The molecule has 0 saturated carbocycles. The smallest absolute Gasteiger partial charge is 0.322 e. The molecule has 1 heterocycles. The summed E-state index contributed by atoms with van der Waals surface area (Å²) >= 11 is 1.55. The molecule has 0 radical (unpaired) electrons. The maximum absolute atomic E-state index is 11.8. The minimum atomic E-state index is -4.06. The highest BCUT2D eigenvalue weighted by molar-refractivity contribution is 7.10. The first-order valence-corrected chi connectivity index (χ1v) is 5.93. The van der Waals surface area contributed by atoms with Crippen LogP contribution < -0.4 is 11.1 Å². The van der Waals surface area contributed by atoms with Crippen LogP contribution in [0.4, 0.5) is 13.2 Å². The molecule has 0 saturated heterocycles. The fourth-order valence-corrected chi connectivity index (χ4v) is 2.00. The van der Waals surface area contributed by atoms with E-state index in [-0.39, 0.29) is 12.5 Å². The molecule has 1 rings (SSSR count). The van der Waals surface area contributed by atoms with Crippen molar-refractivity contribution in [3.63, 3.8) is 0 Å². The highest BCUT2D eigenvalue weighted by Gasteiger charge is 2.25. The normalized spacial score (nSPS) is 14.0. The zero-order chi connectivity index (χ0) is 12.0. The second-order valence-corrected chi connectivity index (χ2v) is 4.52. The van der Waals surface area contributed by atoms with E-state index < -0.39 is 12.6 Å². The molecule has 0 bridgehead atoms. The number of nitrogens with one attached hydrogen (secondary N) is 1. The van der Waals surface area contributed by atoms with Crippen molar-refractivity contribution in [3.8, 4) is 0 Å². The van der Waals surface area contributed by atoms with E-state index in [9.17, 15) is 13.2 Å². The minimum absolute atomic E-state index is 0.0979. The minimum Gasteiger partial charge on any atom is -0.322 e. The second kappa shape index (κ2) is 6.22. The van der Waals surface area contributed by atoms with Gasteiger partial charge in [0.15, 0.2) is 0 Å². The highest BCUT2D eigenvalue weighted by atomic mass is 32.1. The van der Waals surface area contributed by atoms with Gasteiger partial charge < -0.3 is 11.1 Å². The molecule has 92 valence electrons. The van der Waals surface area contributed by atoms with Gasteiger partial charge in [-0.25, -0.2) is 0 Å². The molecule has 0 aliphatic heterocycles. The van der Waals surface area contributed by atoms with Crippen LogP contribution in [0.25, 0.3) is 0 Å². The average molecular weight is 252 g/mol. The Bertz CT molecular complexity index is 285. The SMILES string of the molecule is NC(CNCCCC(F)(F)F)c1cccs1. The molecular weight excluding hydrogens is 237 g/mol. The fourth-order valence-electron chi connectivity index (χ4n) is 1.27. The molecule has 1 atom stereocenters. The van der Waals surface area contributed by atoms with Crippen molar-refractivity contribution in [2.45, 2.75) is 25.1 Å². The second-order valence-electron chi connectivity index (χ2n) is 3.54. The number of alkyl halides is 3. The number of hydrogen-bond donors (Lipinski definition) is 2. The molecule has 0 spiro atoms. The molecule has 0 amide bonds. The third-order valence-electron chi connectivity index (χ3n) is 2.09. The van der Waals surface area contributed by atoms with Crippen LogP contribution >= 0.6 is 11.3 Å². The Hall–Kier alpha value is -0.590. The van der Waals surface area contributed by atoms with Gasteiger partial charge in [-0.05, 0) is 24.4 Å². The lowest BCUT2D eigenvalue weighted by atomic mass is 10.2. The number of hydrogen-bond acceptors (Lipinski definition) is 3. The molecule has 6 heteroatoms. The maximum atomic E-state index is 11.8. The van der Waals surface area contributed by atoms with Crippen LogP contribution in [-0.4, -0.2) is 19.3 Å². The lowest BCUT2D eigenvalue weighted by Gasteiger charge is -2.11. The van der Waals surface area contributed by atoms with Gasteiger partial charge in [0.25, 0.3) is 0 Å². The van der Waals surface area contributed by atoms with Crippen molar-refractivity contribution in [2.24, 2.45) is 5.73 Å². The van der Waals surface area contributed by atoms with Gasteiger partial charge in [0.05, 0.1) is 6.04 Å². The van der Waals surface area contributed by atoms with E-state index in [2.05, 4.69) is 5.32 Å². The highest BCUT2D eigenvalue weighted by Crippen LogP contribution is 2.20. The van der Waals surface area contributed by atoms with E-state index in [0.717, 1.165) is 4.88 Å². The Balaban J connectivity index is 2.08. The third-order valence-corrected chi connectivity index (χ3v) is 3.09. The quantitative estimate of drug-likeness (QED) is 0.764. The summed E-state index contributed by atoms with van der Waals surface area (Å²) in [6.07, 6.45) is -4.70. The van der Waals surface area contributed by atoms with Crippen LogP contribution in [0.1, 0.15) is 23.8 Å². The van der Waals surface area contributed by atoms with Gasteiger partial charge in [-0.15, -0.1) is 11.3 Å². The Labute approximate surface area is 96.6 Å². The zero-order valence-electron chi connectivity index (χ0n) is 8.76. The fraction of sp³-hybridized carbons (Fsp3) is 0.600. The average Bonchev–Trinajstić information content (AvgIpc) is 2.67. The molecule has 0 aliphatic rings. The molecule has 1 aromatic heterocycles. The summed E-state index contributed by atoms with van der Waals surface area (Å²) < 4.78 is 35.4. The number of rotatable bonds is 6. The summed E-state index contributed by atoms with van der Waals surface area (Å²) in [5, 5.41) is 4.86. The Kier molecular flexibility index (Phi) is 5.24. The van der Waals surface area contributed by atoms with Crippen LogP contribution in [-0.2, 0) is 0 Å². The van der Waals surface area contributed by atoms with Gasteiger partial charge in [-0.2, -0.15) is 13.2 Å². The van der Waals surface area contributed by atoms with Crippen molar-refractivity contribution < 1.29 is 13.2 Å². The van der Waals surface area contributed by atoms with E-state index in [4.69, 9.17) is 5.73 Å². The third kappa shape index (κ3) is 5.48. The van der Waals surface area contributed by atoms with Gasteiger partial charge in [0.1, 0.15) is 0 Å². The molecule has 3 N–H and O–H groups in total. The van der Waals surface area contributed by atoms with Crippen molar-refractivity contribution in [1.29, 1.82) is 0 Å². The van der Waals surface area contributed by atoms with Crippen LogP contribution in [0.3, 0.4) is 0 Å². The van der Waals surface area contributed by atoms with Crippen LogP contribution in [0.5, 0.6) is 0 Å². The first-order valence-electron chi connectivity index (χ1n) is 5.05. The first kappa shape index (κ1) is 13.5. The van der Waals surface area contributed by atoms with E-state index in [1.807, 2.05) is 17.5 Å². The molecule has 1 aromatic rings. The van der Waals surface area contributed by atoms with E-state index in [1.165, 1.54) is 0 Å². The Morgan fingerprint density at radius 3 is 2.75 bits per heavy atom.